The highest BCUT2D eigenvalue weighted by Gasteiger charge is 2.16. The van der Waals surface area contributed by atoms with Crippen LogP contribution in [0, 0.1) is 0 Å². The number of nitrogens with one attached hydrogen (secondary N) is 1. The Morgan fingerprint density at radius 2 is 1.91 bits per heavy atom. The number of amides is 1. The molecule has 0 radical (unpaired) electrons. The zero-order valence-corrected chi connectivity index (χ0v) is 20.4. The maximum absolute atomic E-state index is 12.4. The van der Waals surface area contributed by atoms with Gasteiger partial charge in [0.2, 0.25) is 0 Å². The molecule has 0 unspecified atom stereocenters. The largest absolute Gasteiger partial charge is 0.507 e. The first-order valence-corrected chi connectivity index (χ1v) is 11.8. The van der Waals surface area contributed by atoms with E-state index in [-0.39, 0.29) is 17.4 Å². The van der Waals surface area contributed by atoms with Gasteiger partial charge in [-0.05, 0) is 42.0 Å². The second-order valence-corrected chi connectivity index (χ2v) is 8.36. The molecule has 0 bridgehead atoms. The molecule has 0 saturated heterocycles. The molecule has 0 aliphatic rings. The van der Waals surface area contributed by atoms with Crippen molar-refractivity contribution in [3.63, 3.8) is 0 Å². The van der Waals surface area contributed by atoms with Crippen molar-refractivity contribution in [1.29, 1.82) is 0 Å². The van der Waals surface area contributed by atoms with Crippen molar-refractivity contribution in [2.75, 3.05) is 20.0 Å². The summed E-state index contributed by atoms with van der Waals surface area (Å²) in [6.45, 7) is 2.61. The molecule has 1 heterocycles. The normalized spacial score (nSPS) is 11.2. The van der Waals surface area contributed by atoms with E-state index in [1.54, 1.807) is 20.3 Å². The molecular weight excluding hydrogens is 466 g/mol. The molecule has 35 heavy (non-hydrogen) atoms. The van der Waals surface area contributed by atoms with Gasteiger partial charge in [-0.25, -0.2) is 5.43 Å². The van der Waals surface area contributed by atoms with E-state index < -0.39 is 0 Å². The molecule has 0 fully saturated rings. The lowest BCUT2D eigenvalue weighted by atomic mass is 10.0. The zero-order valence-electron chi connectivity index (χ0n) is 19.6. The molecular formula is C25H25N5O4S. The van der Waals surface area contributed by atoms with Gasteiger partial charge in [0.25, 0.3) is 5.91 Å². The van der Waals surface area contributed by atoms with E-state index in [1.165, 1.54) is 18.0 Å². The Balaban J connectivity index is 1.43. The predicted molar refractivity (Wildman–Crippen MR) is 136 cm³/mol. The van der Waals surface area contributed by atoms with Gasteiger partial charge < -0.3 is 19.1 Å². The standard InChI is InChI=1S/C25H25N5O4S/c1-4-30-24(17-10-12-21(33-2)22(13-17)34-3)28-29-25(30)35-15-23(32)27-26-14-19-18-8-6-5-7-16(18)9-11-20(19)31/h5-14,31H,4,15H2,1-3H3,(H,27,32)/b26-14-. The number of aromatic nitrogens is 3. The summed E-state index contributed by atoms with van der Waals surface area (Å²) in [7, 11) is 3.16. The van der Waals surface area contributed by atoms with Crippen LogP contribution < -0.4 is 14.9 Å². The fraction of sp³-hybridized carbons (Fsp3) is 0.200. The van der Waals surface area contributed by atoms with Crippen molar-refractivity contribution < 1.29 is 19.4 Å². The summed E-state index contributed by atoms with van der Waals surface area (Å²) >= 11 is 1.26. The van der Waals surface area contributed by atoms with Crippen molar-refractivity contribution in [3.05, 3.63) is 60.2 Å². The van der Waals surface area contributed by atoms with E-state index >= 15 is 0 Å². The molecule has 10 heteroatoms. The summed E-state index contributed by atoms with van der Waals surface area (Å²) < 4.78 is 12.6. The average molecular weight is 492 g/mol. The number of fused-ring (bicyclic) bond motifs is 1. The molecule has 4 rings (SSSR count). The Morgan fingerprint density at radius 3 is 2.69 bits per heavy atom. The number of nitrogens with zero attached hydrogens (tertiary/aromatic N) is 4. The summed E-state index contributed by atoms with van der Waals surface area (Å²) in [5.74, 6) is 1.78. The third-order valence-electron chi connectivity index (χ3n) is 5.34. The molecule has 0 spiro atoms. The minimum Gasteiger partial charge on any atom is -0.507 e. The SMILES string of the molecule is CCn1c(SCC(=O)N/N=C\c2c(O)ccc3ccccc23)nnc1-c1ccc(OC)c(OC)c1. The lowest BCUT2D eigenvalue weighted by molar-refractivity contribution is -0.118. The highest BCUT2D eigenvalue weighted by molar-refractivity contribution is 7.99. The number of hydrogen-bond acceptors (Lipinski definition) is 8. The maximum Gasteiger partial charge on any atom is 0.250 e. The van der Waals surface area contributed by atoms with E-state index in [0.717, 1.165) is 16.3 Å². The van der Waals surface area contributed by atoms with Crippen LogP contribution in [0.1, 0.15) is 12.5 Å². The Labute approximate surface area is 206 Å². The summed E-state index contributed by atoms with van der Waals surface area (Å²) in [6.07, 6.45) is 1.45. The predicted octanol–water partition coefficient (Wildman–Crippen LogP) is 4.08. The van der Waals surface area contributed by atoms with Crippen LogP contribution in [0.25, 0.3) is 22.2 Å². The van der Waals surface area contributed by atoms with E-state index in [4.69, 9.17) is 9.47 Å². The zero-order chi connectivity index (χ0) is 24.8. The highest BCUT2D eigenvalue weighted by Crippen LogP contribution is 2.33. The van der Waals surface area contributed by atoms with Gasteiger partial charge >= 0.3 is 0 Å². The fourth-order valence-corrected chi connectivity index (χ4v) is 4.42. The fourth-order valence-electron chi connectivity index (χ4n) is 3.62. The minimum absolute atomic E-state index is 0.0924. The molecule has 0 atom stereocenters. The number of rotatable bonds is 9. The highest BCUT2D eigenvalue weighted by atomic mass is 32.2. The molecule has 1 amide bonds. The molecule has 2 N–H and O–H groups in total. The number of methoxy groups -OCH3 is 2. The second kappa shape index (κ2) is 10.9. The van der Waals surface area contributed by atoms with Crippen molar-refractivity contribution in [3.8, 4) is 28.6 Å². The summed E-state index contributed by atoms with van der Waals surface area (Å²) in [4.78, 5) is 12.4. The van der Waals surface area contributed by atoms with Crippen LogP contribution in [0.15, 0.2) is 64.9 Å². The first kappa shape index (κ1) is 24.1. The molecule has 4 aromatic rings. The first-order chi connectivity index (χ1) is 17.0. The number of ether oxygens (including phenoxy) is 2. The molecule has 0 saturated carbocycles. The number of hydrogen-bond donors (Lipinski definition) is 2. The van der Waals surface area contributed by atoms with Gasteiger partial charge in [0.1, 0.15) is 5.75 Å². The van der Waals surface area contributed by atoms with E-state index in [0.29, 0.717) is 34.6 Å². The second-order valence-electron chi connectivity index (χ2n) is 7.42. The third-order valence-corrected chi connectivity index (χ3v) is 6.30. The van der Waals surface area contributed by atoms with E-state index in [9.17, 15) is 9.90 Å². The van der Waals surface area contributed by atoms with Crippen LogP contribution in [0.4, 0.5) is 0 Å². The monoisotopic (exact) mass is 491 g/mol. The lowest BCUT2D eigenvalue weighted by Crippen LogP contribution is -2.20. The van der Waals surface area contributed by atoms with Crippen LogP contribution in [-0.2, 0) is 11.3 Å². The number of thioether (sulfide) groups is 1. The van der Waals surface area contributed by atoms with Crippen molar-refractivity contribution in [1.82, 2.24) is 20.2 Å². The smallest absolute Gasteiger partial charge is 0.250 e. The number of aromatic hydroxyl groups is 1. The third kappa shape index (κ3) is 5.22. The molecule has 1 aromatic heterocycles. The van der Waals surface area contributed by atoms with E-state index in [1.807, 2.05) is 60.0 Å². The van der Waals surface area contributed by atoms with Gasteiger partial charge in [-0.2, -0.15) is 5.10 Å². The maximum atomic E-state index is 12.4. The van der Waals surface area contributed by atoms with Crippen molar-refractivity contribution in [2.45, 2.75) is 18.6 Å². The quantitative estimate of drug-likeness (QED) is 0.206. The Morgan fingerprint density at radius 1 is 1.11 bits per heavy atom. The van der Waals surface area contributed by atoms with Gasteiger partial charge in [0.15, 0.2) is 22.5 Å². The van der Waals surface area contributed by atoms with Gasteiger partial charge in [-0.15, -0.1) is 10.2 Å². The number of carbonyl (C=O) groups is 1. The van der Waals surface area contributed by atoms with Gasteiger partial charge in [-0.3, -0.25) is 4.79 Å². The van der Waals surface area contributed by atoms with Crippen LogP contribution in [0.5, 0.6) is 17.2 Å². The van der Waals surface area contributed by atoms with Crippen LogP contribution >= 0.6 is 11.8 Å². The van der Waals surface area contributed by atoms with Gasteiger partial charge in [0, 0.05) is 17.7 Å². The number of hydrazone groups is 1. The average Bonchev–Trinajstić information content (AvgIpc) is 3.31. The molecule has 9 nitrogen and oxygen atoms in total. The number of phenols is 1. The van der Waals surface area contributed by atoms with Crippen LogP contribution in [0.2, 0.25) is 0 Å². The Hall–Kier alpha value is -4.05. The minimum atomic E-state index is -0.302. The summed E-state index contributed by atoms with van der Waals surface area (Å²) in [5, 5.41) is 25.2. The van der Waals surface area contributed by atoms with Gasteiger partial charge in [-0.1, -0.05) is 42.1 Å². The topological polar surface area (TPSA) is 111 Å². The summed E-state index contributed by atoms with van der Waals surface area (Å²) in [6, 6.07) is 16.6. The molecule has 3 aromatic carbocycles. The Bertz CT molecular complexity index is 1390. The van der Waals surface area contributed by atoms with Crippen molar-refractivity contribution in [2.24, 2.45) is 5.10 Å². The summed E-state index contributed by atoms with van der Waals surface area (Å²) in [5.41, 5.74) is 3.88. The van der Waals surface area contributed by atoms with Crippen molar-refractivity contribution >= 4 is 34.7 Å². The van der Waals surface area contributed by atoms with E-state index in [2.05, 4.69) is 20.7 Å². The lowest BCUT2D eigenvalue weighted by Gasteiger charge is -2.10. The molecule has 0 aliphatic carbocycles. The van der Waals surface area contributed by atoms with Crippen LogP contribution in [0.3, 0.4) is 0 Å². The van der Waals surface area contributed by atoms with Gasteiger partial charge in [0.05, 0.1) is 26.2 Å². The molecule has 180 valence electrons. The number of benzene rings is 3. The number of phenolic OH excluding ortho intramolecular Hbond substituents is 1. The number of carbonyl (C=O) groups excluding carboxylic acids is 1. The Kier molecular flexibility index (Phi) is 7.51. The first-order valence-electron chi connectivity index (χ1n) is 10.9. The van der Waals surface area contributed by atoms with Crippen LogP contribution in [-0.4, -0.2) is 52.0 Å². The molecule has 0 aliphatic heterocycles.